The Kier molecular flexibility index (Phi) is 5.64. The molecule has 5 heteroatoms. The largest absolute Gasteiger partial charge is 0.488 e. The highest BCUT2D eigenvalue weighted by Gasteiger charge is 2.25. The normalized spacial score (nSPS) is 17.1. The van der Waals surface area contributed by atoms with Crippen LogP contribution in [0.4, 0.5) is 0 Å². The molecule has 146 valence electrons. The van der Waals surface area contributed by atoms with Crippen molar-refractivity contribution >= 4 is 29.0 Å². The standard InChI is InChI=1S/C23H25NO3S/c1-3-26-21(25)9-8-18-14-17-15-27-20-7-5-4-6-19(20)22(23(17)28-18)16-10-12-24(2)13-11-16/h4-9,14H,3,10-13,15H2,1-2H3/b9-8+. The van der Waals surface area contributed by atoms with Crippen LogP contribution in [0.3, 0.4) is 0 Å². The quantitative estimate of drug-likeness (QED) is 0.556. The Hall–Kier alpha value is -2.37. The van der Waals surface area contributed by atoms with Crippen molar-refractivity contribution in [3.63, 3.8) is 0 Å². The molecule has 2 aliphatic rings. The van der Waals surface area contributed by atoms with Crippen LogP contribution in [0.2, 0.25) is 0 Å². The van der Waals surface area contributed by atoms with Crippen molar-refractivity contribution in [1.82, 2.24) is 4.90 Å². The Morgan fingerprint density at radius 1 is 1.29 bits per heavy atom. The molecule has 0 amide bonds. The molecule has 0 unspecified atom stereocenters. The molecule has 1 saturated heterocycles. The van der Waals surface area contributed by atoms with Crippen LogP contribution in [0.5, 0.6) is 5.75 Å². The maximum atomic E-state index is 11.7. The summed E-state index contributed by atoms with van der Waals surface area (Å²) in [5, 5.41) is 0. The highest BCUT2D eigenvalue weighted by atomic mass is 32.1. The van der Waals surface area contributed by atoms with Crippen LogP contribution < -0.4 is 4.74 Å². The summed E-state index contributed by atoms with van der Waals surface area (Å²) < 4.78 is 11.1. The summed E-state index contributed by atoms with van der Waals surface area (Å²) in [6, 6.07) is 10.5. The second-order valence-corrected chi connectivity index (χ2v) is 8.24. The summed E-state index contributed by atoms with van der Waals surface area (Å²) in [6.45, 7) is 4.91. The number of thiophene rings is 1. The molecule has 0 N–H and O–H groups in total. The van der Waals surface area contributed by atoms with Gasteiger partial charge in [0, 0.05) is 45.6 Å². The van der Waals surface area contributed by atoms with Crippen molar-refractivity contribution < 1.29 is 14.3 Å². The number of fused-ring (bicyclic) bond motifs is 2. The first-order valence-corrected chi connectivity index (χ1v) is 10.6. The average molecular weight is 396 g/mol. The van der Waals surface area contributed by atoms with Crippen molar-refractivity contribution in [1.29, 1.82) is 0 Å². The molecule has 1 aromatic carbocycles. The minimum Gasteiger partial charge on any atom is -0.488 e. The zero-order valence-corrected chi connectivity index (χ0v) is 17.2. The third kappa shape index (κ3) is 3.91. The molecular formula is C23H25NO3S. The molecule has 4 nitrogen and oxygen atoms in total. The van der Waals surface area contributed by atoms with E-state index in [-0.39, 0.29) is 5.97 Å². The molecule has 1 fully saturated rings. The zero-order valence-electron chi connectivity index (χ0n) is 16.4. The maximum Gasteiger partial charge on any atom is 0.330 e. The minimum absolute atomic E-state index is 0.304. The van der Waals surface area contributed by atoms with Crippen molar-refractivity contribution in [2.45, 2.75) is 26.4 Å². The van der Waals surface area contributed by atoms with Gasteiger partial charge in [-0.15, -0.1) is 11.3 Å². The minimum atomic E-state index is -0.304. The number of carbonyl (C=O) groups excluding carboxylic acids is 1. The predicted octanol–water partition coefficient (Wildman–Crippen LogP) is 4.74. The summed E-state index contributed by atoms with van der Waals surface area (Å²) in [5.74, 6) is 0.650. The smallest absolute Gasteiger partial charge is 0.330 e. The maximum absolute atomic E-state index is 11.7. The molecule has 0 aliphatic carbocycles. The zero-order chi connectivity index (χ0) is 19.5. The highest BCUT2D eigenvalue weighted by molar-refractivity contribution is 7.14. The number of rotatable bonds is 3. The van der Waals surface area contributed by atoms with Gasteiger partial charge in [-0.2, -0.15) is 0 Å². The summed E-state index contributed by atoms with van der Waals surface area (Å²) in [4.78, 5) is 16.4. The molecule has 0 saturated carbocycles. The molecule has 0 atom stereocenters. The Bertz CT molecular complexity index is 931. The molecule has 28 heavy (non-hydrogen) atoms. The van der Waals surface area contributed by atoms with E-state index in [9.17, 15) is 4.79 Å². The van der Waals surface area contributed by atoms with Gasteiger partial charge in [0.05, 0.1) is 6.61 Å². The fraction of sp³-hybridized carbons (Fsp3) is 0.348. The van der Waals surface area contributed by atoms with Gasteiger partial charge in [0.25, 0.3) is 0 Å². The molecule has 1 aromatic heterocycles. The third-order valence-electron chi connectivity index (χ3n) is 5.21. The van der Waals surface area contributed by atoms with Crippen LogP contribution in [0.15, 0.2) is 42.0 Å². The number of para-hydroxylation sites is 1. The number of hydrogen-bond donors (Lipinski definition) is 0. The fourth-order valence-corrected chi connectivity index (χ4v) is 4.94. The van der Waals surface area contributed by atoms with E-state index in [0.717, 1.165) is 36.6 Å². The SMILES string of the molecule is CCOC(=O)/C=C/c1cc2c(s1)C(=C1CCN(C)CC1)c1ccccc1OC2. The lowest BCUT2D eigenvalue weighted by atomic mass is 9.91. The molecular weight excluding hydrogens is 370 g/mol. The summed E-state index contributed by atoms with van der Waals surface area (Å²) in [7, 11) is 2.18. The predicted molar refractivity (Wildman–Crippen MR) is 114 cm³/mol. The number of esters is 1. The van der Waals surface area contributed by atoms with Crippen molar-refractivity contribution in [2.75, 3.05) is 26.7 Å². The van der Waals surface area contributed by atoms with Gasteiger partial charge in [-0.1, -0.05) is 23.8 Å². The monoisotopic (exact) mass is 395 g/mol. The van der Waals surface area contributed by atoms with Gasteiger partial charge in [-0.05, 0) is 45.0 Å². The number of piperidine rings is 1. The van der Waals surface area contributed by atoms with Gasteiger partial charge in [0.2, 0.25) is 0 Å². The number of benzene rings is 1. The average Bonchev–Trinajstić information content (AvgIpc) is 3.04. The Morgan fingerprint density at radius 3 is 2.86 bits per heavy atom. The van der Waals surface area contributed by atoms with Gasteiger partial charge in [0.1, 0.15) is 12.4 Å². The summed E-state index contributed by atoms with van der Waals surface area (Å²) in [6.07, 6.45) is 5.50. The highest BCUT2D eigenvalue weighted by Crippen LogP contribution is 2.44. The lowest BCUT2D eigenvalue weighted by Gasteiger charge is -2.26. The number of carbonyl (C=O) groups is 1. The van der Waals surface area contributed by atoms with E-state index in [1.807, 2.05) is 19.1 Å². The van der Waals surface area contributed by atoms with Gasteiger partial charge in [-0.3, -0.25) is 0 Å². The Morgan fingerprint density at radius 2 is 2.07 bits per heavy atom. The fourth-order valence-electron chi connectivity index (χ4n) is 3.76. The first-order valence-electron chi connectivity index (χ1n) is 9.76. The van der Waals surface area contributed by atoms with Crippen molar-refractivity contribution in [2.24, 2.45) is 0 Å². The molecule has 2 aromatic rings. The van der Waals surface area contributed by atoms with E-state index >= 15 is 0 Å². The van der Waals surface area contributed by atoms with Crippen LogP contribution in [-0.4, -0.2) is 37.6 Å². The summed E-state index contributed by atoms with van der Waals surface area (Å²) in [5.41, 5.74) is 5.20. The molecule has 0 radical (unpaired) electrons. The number of hydrogen-bond acceptors (Lipinski definition) is 5. The molecule has 4 rings (SSSR count). The number of likely N-dealkylation sites (tertiary alicyclic amines) is 1. The Labute approximate surface area is 170 Å². The topological polar surface area (TPSA) is 38.8 Å². The van der Waals surface area contributed by atoms with E-state index in [1.54, 1.807) is 11.3 Å². The molecule has 3 heterocycles. The number of ether oxygens (including phenoxy) is 2. The third-order valence-corrected chi connectivity index (χ3v) is 6.37. The second-order valence-electron chi connectivity index (χ2n) is 7.16. The first-order chi connectivity index (χ1) is 13.7. The molecule has 2 aliphatic heterocycles. The summed E-state index contributed by atoms with van der Waals surface area (Å²) >= 11 is 1.73. The van der Waals surface area contributed by atoms with Crippen LogP contribution in [0, 0.1) is 0 Å². The van der Waals surface area contributed by atoms with E-state index in [1.165, 1.54) is 33.2 Å². The lowest BCUT2D eigenvalue weighted by Crippen LogP contribution is -2.26. The van der Waals surface area contributed by atoms with Gasteiger partial charge in [-0.25, -0.2) is 4.79 Å². The van der Waals surface area contributed by atoms with Gasteiger partial charge in [0.15, 0.2) is 0 Å². The Balaban J connectivity index is 1.77. The van der Waals surface area contributed by atoms with E-state index in [0.29, 0.717) is 13.2 Å². The number of nitrogens with zero attached hydrogens (tertiary/aromatic N) is 1. The van der Waals surface area contributed by atoms with Gasteiger partial charge < -0.3 is 14.4 Å². The van der Waals surface area contributed by atoms with Crippen molar-refractivity contribution in [3.05, 3.63) is 62.9 Å². The second kappa shape index (κ2) is 8.33. The molecule has 0 bridgehead atoms. The van der Waals surface area contributed by atoms with Gasteiger partial charge >= 0.3 is 5.97 Å². The van der Waals surface area contributed by atoms with E-state index < -0.39 is 0 Å². The van der Waals surface area contributed by atoms with Crippen LogP contribution in [0.25, 0.3) is 11.6 Å². The van der Waals surface area contributed by atoms with E-state index in [2.05, 4.69) is 36.2 Å². The van der Waals surface area contributed by atoms with Crippen LogP contribution in [-0.2, 0) is 16.1 Å². The van der Waals surface area contributed by atoms with Crippen LogP contribution >= 0.6 is 11.3 Å². The molecule has 0 spiro atoms. The first kappa shape index (κ1) is 19.0. The van der Waals surface area contributed by atoms with Crippen molar-refractivity contribution in [3.8, 4) is 5.75 Å². The van der Waals surface area contributed by atoms with Crippen LogP contribution in [0.1, 0.15) is 40.6 Å². The van der Waals surface area contributed by atoms with E-state index in [4.69, 9.17) is 9.47 Å². The lowest BCUT2D eigenvalue weighted by molar-refractivity contribution is -0.137.